The lowest BCUT2D eigenvalue weighted by Crippen LogP contribution is -1.98. The summed E-state index contributed by atoms with van der Waals surface area (Å²) in [6.45, 7) is 5.55. The van der Waals surface area contributed by atoms with Crippen molar-refractivity contribution in [3.05, 3.63) is 39.5 Å². The van der Waals surface area contributed by atoms with Gasteiger partial charge in [-0.1, -0.05) is 12.7 Å². The van der Waals surface area contributed by atoms with E-state index in [-0.39, 0.29) is 0 Å². The van der Waals surface area contributed by atoms with Gasteiger partial charge in [-0.3, -0.25) is 0 Å². The Hall–Kier alpha value is -0.550. The lowest BCUT2D eigenvalue weighted by atomic mass is 10.1. The molecule has 0 atom stereocenters. The van der Waals surface area contributed by atoms with Crippen LogP contribution in [0.1, 0.15) is 11.1 Å². The minimum absolute atomic E-state index is 0.549. The Balaban J connectivity index is 2.33. The normalized spacial score (nSPS) is 13.8. The predicted molar refractivity (Wildman–Crippen MR) is 63.3 cm³/mol. The van der Waals surface area contributed by atoms with E-state index in [4.69, 9.17) is 9.47 Å². The third-order valence-corrected chi connectivity index (χ3v) is 3.19. The summed E-state index contributed by atoms with van der Waals surface area (Å²) in [6.07, 6.45) is 1.75. The minimum Gasteiger partial charge on any atom is -0.489 e. The first-order valence-electron chi connectivity index (χ1n) is 4.44. The topological polar surface area (TPSA) is 18.5 Å². The van der Waals surface area contributed by atoms with Crippen LogP contribution < -0.4 is 4.74 Å². The van der Waals surface area contributed by atoms with E-state index in [9.17, 15) is 0 Å². The first-order valence-corrected chi connectivity index (χ1v) is 5.52. The largest absolute Gasteiger partial charge is 0.489 e. The number of hydrogen-bond acceptors (Lipinski definition) is 2. The van der Waals surface area contributed by atoms with Crippen molar-refractivity contribution in [3.8, 4) is 5.75 Å². The zero-order chi connectivity index (χ0) is 9.97. The monoisotopic (exact) mass is 302 g/mol. The Kier molecular flexibility index (Phi) is 3.08. The van der Waals surface area contributed by atoms with Crippen LogP contribution in [0.4, 0.5) is 0 Å². The molecule has 3 heteroatoms. The average Bonchev–Trinajstić information content (AvgIpc) is 2.66. The molecule has 0 fully saturated rings. The number of rotatable bonds is 3. The van der Waals surface area contributed by atoms with Crippen LogP contribution in [0, 0.1) is 3.57 Å². The van der Waals surface area contributed by atoms with E-state index in [1.807, 2.05) is 6.07 Å². The summed E-state index contributed by atoms with van der Waals surface area (Å²) in [5.74, 6) is 0.929. The number of ether oxygens (including phenoxy) is 2. The zero-order valence-electron chi connectivity index (χ0n) is 7.75. The van der Waals surface area contributed by atoms with Gasteiger partial charge in [0.15, 0.2) is 0 Å². The molecule has 74 valence electrons. The highest BCUT2D eigenvalue weighted by Crippen LogP contribution is 2.32. The molecule has 2 rings (SSSR count). The van der Waals surface area contributed by atoms with Crippen LogP contribution in [0.25, 0.3) is 0 Å². The predicted octanol–water partition coefficient (Wildman–Crippen LogP) is 2.89. The Morgan fingerprint density at radius 1 is 1.43 bits per heavy atom. The van der Waals surface area contributed by atoms with E-state index in [1.54, 1.807) is 6.08 Å². The highest BCUT2D eigenvalue weighted by molar-refractivity contribution is 14.1. The maximum Gasteiger partial charge on any atom is 0.125 e. The van der Waals surface area contributed by atoms with E-state index in [1.165, 1.54) is 14.7 Å². The summed E-state index contributed by atoms with van der Waals surface area (Å²) in [5, 5.41) is 0. The molecule has 0 aliphatic carbocycles. The van der Waals surface area contributed by atoms with E-state index < -0.39 is 0 Å². The lowest BCUT2D eigenvalue weighted by Gasteiger charge is -2.08. The van der Waals surface area contributed by atoms with Gasteiger partial charge >= 0.3 is 0 Å². The van der Waals surface area contributed by atoms with Crippen LogP contribution in [-0.4, -0.2) is 6.61 Å². The Morgan fingerprint density at radius 2 is 2.21 bits per heavy atom. The number of hydrogen-bond donors (Lipinski definition) is 0. The highest BCUT2D eigenvalue weighted by atomic mass is 127. The fraction of sp³-hybridized carbons (Fsp3) is 0.273. The summed E-state index contributed by atoms with van der Waals surface area (Å²) >= 11 is 2.32. The summed E-state index contributed by atoms with van der Waals surface area (Å²) in [6, 6.07) is 4.06. The Bertz CT molecular complexity index is 361. The van der Waals surface area contributed by atoms with Crippen molar-refractivity contribution in [1.82, 2.24) is 0 Å². The maximum atomic E-state index is 5.55. The van der Waals surface area contributed by atoms with Gasteiger partial charge in [0.25, 0.3) is 0 Å². The molecule has 1 aromatic carbocycles. The second-order valence-electron chi connectivity index (χ2n) is 3.10. The molecule has 0 spiro atoms. The van der Waals surface area contributed by atoms with Crippen LogP contribution in [0.5, 0.6) is 5.75 Å². The summed E-state index contributed by atoms with van der Waals surface area (Å²) < 4.78 is 12.2. The smallest absolute Gasteiger partial charge is 0.125 e. The van der Waals surface area contributed by atoms with Crippen molar-refractivity contribution in [1.29, 1.82) is 0 Å². The van der Waals surface area contributed by atoms with E-state index in [0.717, 1.165) is 5.75 Å². The first kappa shape index (κ1) is 9.98. The molecule has 1 heterocycles. The molecular weight excluding hydrogens is 291 g/mol. The third kappa shape index (κ3) is 1.79. The van der Waals surface area contributed by atoms with Crippen molar-refractivity contribution < 1.29 is 9.47 Å². The molecule has 0 aromatic heterocycles. The van der Waals surface area contributed by atoms with Crippen molar-refractivity contribution >= 4 is 22.6 Å². The summed E-state index contributed by atoms with van der Waals surface area (Å²) in [5.41, 5.74) is 2.46. The van der Waals surface area contributed by atoms with Crippen LogP contribution in [0.15, 0.2) is 24.8 Å². The molecule has 0 saturated carbocycles. The van der Waals surface area contributed by atoms with E-state index in [0.29, 0.717) is 19.8 Å². The standard InChI is InChI=1S/C11H11IO2/c1-2-5-14-11-4-3-10(12)8-6-13-7-9(8)11/h2-4H,1,5-7H2. The fourth-order valence-corrected chi connectivity index (χ4v) is 2.16. The molecule has 0 bridgehead atoms. The first-order chi connectivity index (χ1) is 6.83. The van der Waals surface area contributed by atoms with Crippen LogP contribution in [0.3, 0.4) is 0 Å². The summed E-state index contributed by atoms with van der Waals surface area (Å²) in [4.78, 5) is 0. The van der Waals surface area contributed by atoms with Gasteiger partial charge in [-0.15, -0.1) is 0 Å². The Morgan fingerprint density at radius 3 is 3.00 bits per heavy atom. The van der Waals surface area contributed by atoms with Crippen molar-refractivity contribution in [2.75, 3.05) is 6.61 Å². The van der Waals surface area contributed by atoms with Gasteiger partial charge in [-0.2, -0.15) is 0 Å². The SMILES string of the molecule is C=CCOc1ccc(I)c2c1COC2. The lowest BCUT2D eigenvalue weighted by molar-refractivity contribution is 0.133. The van der Waals surface area contributed by atoms with Crippen LogP contribution in [0.2, 0.25) is 0 Å². The quantitative estimate of drug-likeness (QED) is 0.631. The van der Waals surface area contributed by atoms with Crippen molar-refractivity contribution in [2.45, 2.75) is 13.2 Å². The second kappa shape index (κ2) is 4.31. The molecule has 0 N–H and O–H groups in total. The molecule has 1 aromatic rings. The molecule has 0 radical (unpaired) electrons. The molecular formula is C11H11IO2. The molecule has 2 nitrogen and oxygen atoms in total. The minimum atomic E-state index is 0.549. The number of benzene rings is 1. The van der Waals surface area contributed by atoms with Crippen LogP contribution >= 0.6 is 22.6 Å². The average molecular weight is 302 g/mol. The van der Waals surface area contributed by atoms with Gasteiger partial charge in [0.1, 0.15) is 12.4 Å². The fourth-order valence-electron chi connectivity index (χ4n) is 1.50. The third-order valence-electron chi connectivity index (χ3n) is 2.18. The van der Waals surface area contributed by atoms with Gasteiger partial charge in [0.05, 0.1) is 13.2 Å². The molecule has 0 amide bonds. The number of fused-ring (bicyclic) bond motifs is 1. The van der Waals surface area contributed by atoms with Gasteiger partial charge in [-0.05, 0) is 34.7 Å². The molecule has 14 heavy (non-hydrogen) atoms. The zero-order valence-corrected chi connectivity index (χ0v) is 9.91. The molecule has 0 unspecified atom stereocenters. The Labute approximate surface area is 97.0 Å². The van der Waals surface area contributed by atoms with Crippen molar-refractivity contribution in [3.63, 3.8) is 0 Å². The van der Waals surface area contributed by atoms with Gasteiger partial charge < -0.3 is 9.47 Å². The molecule has 0 saturated heterocycles. The summed E-state index contributed by atoms with van der Waals surface area (Å²) in [7, 11) is 0. The van der Waals surface area contributed by atoms with Gasteiger partial charge in [0.2, 0.25) is 0 Å². The van der Waals surface area contributed by atoms with Gasteiger partial charge in [-0.25, -0.2) is 0 Å². The second-order valence-corrected chi connectivity index (χ2v) is 4.26. The van der Waals surface area contributed by atoms with Gasteiger partial charge in [0, 0.05) is 14.7 Å². The maximum absolute atomic E-state index is 5.55. The van der Waals surface area contributed by atoms with E-state index >= 15 is 0 Å². The molecule has 1 aliphatic heterocycles. The van der Waals surface area contributed by atoms with Crippen molar-refractivity contribution in [2.24, 2.45) is 0 Å². The highest BCUT2D eigenvalue weighted by Gasteiger charge is 2.18. The number of halogens is 1. The molecule has 1 aliphatic rings. The van der Waals surface area contributed by atoms with Crippen LogP contribution in [-0.2, 0) is 18.0 Å². The van der Waals surface area contributed by atoms with E-state index in [2.05, 4.69) is 35.2 Å².